The Kier molecular flexibility index (Phi) is 7.43. The van der Waals surface area contributed by atoms with Crippen LogP contribution in [0.3, 0.4) is 0 Å². The first-order chi connectivity index (χ1) is 26.3. The van der Waals surface area contributed by atoms with Crippen LogP contribution in [-0.2, 0) is 5.41 Å². The quantitative estimate of drug-likeness (QED) is 0.187. The van der Waals surface area contributed by atoms with E-state index in [1.807, 2.05) is 36.4 Å². The van der Waals surface area contributed by atoms with Crippen LogP contribution in [0.4, 0.5) is 0 Å². The van der Waals surface area contributed by atoms with Crippen molar-refractivity contribution in [3.63, 3.8) is 0 Å². The van der Waals surface area contributed by atoms with Gasteiger partial charge in [0.2, 0.25) is 0 Å². The van der Waals surface area contributed by atoms with E-state index in [0.29, 0.717) is 0 Å². The summed E-state index contributed by atoms with van der Waals surface area (Å²) in [5.41, 5.74) is 12.8. The van der Waals surface area contributed by atoms with Crippen molar-refractivity contribution in [2.24, 2.45) is 9.98 Å². The molecule has 10 rings (SSSR count). The molecular formula is C50H35N3. The van der Waals surface area contributed by atoms with Crippen LogP contribution in [0.2, 0.25) is 0 Å². The molecule has 1 aliphatic carbocycles. The maximum absolute atomic E-state index is 5.07. The lowest BCUT2D eigenvalue weighted by molar-refractivity contribution is 0.756. The lowest BCUT2D eigenvalue weighted by Crippen LogP contribution is -2.36. The fourth-order valence-electron chi connectivity index (χ4n) is 8.39. The monoisotopic (exact) mass is 677 g/mol. The summed E-state index contributed by atoms with van der Waals surface area (Å²) < 4.78 is 0. The lowest BCUT2D eigenvalue weighted by Gasteiger charge is -2.34. The van der Waals surface area contributed by atoms with Gasteiger partial charge in [0.25, 0.3) is 0 Å². The Hall–Kier alpha value is -6.84. The van der Waals surface area contributed by atoms with Gasteiger partial charge in [0.05, 0.1) is 5.41 Å². The van der Waals surface area contributed by atoms with E-state index >= 15 is 0 Å². The summed E-state index contributed by atoms with van der Waals surface area (Å²) in [7, 11) is 0. The third kappa shape index (κ3) is 5.12. The van der Waals surface area contributed by atoms with Crippen LogP contribution in [0, 0.1) is 0 Å². The van der Waals surface area contributed by atoms with Crippen molar-refractivity contribution in [2.75, 3.05) is 0 Å². The van der Waals surface area contributed by atoms with Crippen molar-refractivity contribution in [1.82, 2.24) is 5.32 Å². The standard InChI is InChI=1S/C50H35N3/c1-5-15-35(16-6-1)47-51-48(36-17-7-2-8-18-36)53-49(52-47)37-27-25-34(26-28-37)38-29-31-42-39(33-38)30-32-44-43-23-13-14-24-45(43)50(46(42)44,40-19-9-3-10-20-40)41-21-11-4-12-22-41/h1-33,47H,(H,51,52,53). The topological polar surface area (TPSA) is 36.8 Å². The van der Waals surface area contributed by atoms with E-state index in [-0.39, 0.29) is 6.17 Å². The molecule has 8 aromatic rings. The summed E-state index contributed by atoms with van der Waals surface area (Å²) in [4.78, 5) is 10.1. The predicted octanol–water partition coefficient (Wildman–Crippen LogP) is 11.4. The molecule has 0 fully saturated rings. The SMILES string of the molecule is c1ccc(C2=NC(c3ccccc3)N=C(c3ccc(-c4ccc5c6c(ccc5c4)-c4ccccc4C6(c4ccccc4)c4ccccc4)cc3)N2)cc1. The Bertz CT molecular complexity index is 2620. The summed E-state index contributed by atoms with van der Waals surface area (Å²) in [5.74, 6) is 1.63. The van der Waals surface area contributed by atoms with Crippen LogP contribution in [0.25, 0.3) is 33.0 Å². The number of amidine groups is 2. The molecule has 1 N–H and O–H groups in total. The molecule has 1 heterocycles. The lowest BCUT2D eigenvalue weighted by atomic mass is 9.66. The van der Waals surface area contributed by atoms with E-state index in [1.165, 1.54) is 49.7 Å². The normalized spacial score (nSPS) is 15.5. The summed E-state index contributed by atoms with van der Waals surface area (Å²) in [5, 5.41) is 6.03. The van der Waals surface area contributed by atoms with Crippen molar-refractivity contribution < 1.29 is 0 Å². The van der Waals surface area contributed by atoms with Crippen molar-refractivity contribution in [1.29, 1.82) is 0 Å². The molecule has 0 amide bonds. The molecule has 0 bridgehead atoms. The minimum absolute atomic E-state index is 0.324. The van der Waals surface area contributed by atoms with E-state index in [2.05, 4.69) is 169 Å². The predicted molar refractivity (Wildman–Crippen MR) is 219 cm³/mol. The molecule has 3 heteroatoms. The Morgan fingerprint density at radius 1 is 0.415 bits per heavy atom. The number of benzene rings is 8. The molecular weight excluding hydrogens is 643 g/mol. The van der Waals surface area contributed by atoms with E-state index < -0.39 is 5.41 Å². The molecule has 0 saturated carbocycles. The molecule has 53 heavy (non-hydrogen) atoms. The first-order valence-corrected chi connectivity index (χ1v) is 18.2. The second kappa shape index (κ2) is 12.7. The van der Waals surface area contributed by atoms with Crippen molar-refractivity contribution in [3.05, 3.63) is 239 Å². The number of nitrogens with one attached hydrogen (secondary N) is 1. The molecule has 250 valence electrons. The molecule has 3 nitrogen and oxygen atoms in total. The van der Waals surface area contributed by atoms with E-state index in [4.69, 9.17) is 9.98 Å². The highest BCUT2D eigenvalue weighted by molar-refractivity contribution is 6.16. The van der Waals surface area contributed by atoms with Gasteiger partial charge in [0, 0.05) is 11.1 Å². The smallest absolute Gasteiger partial charge is 0.169 e. The van der Waals surface area contributed by atoms with Crippen LogP contribution in [0.1, 0.15) is 45.1 Å². The molecule has 1 aliphatic heterocycles. The number of rotatable bonds is 6. The molecule has 1 atom stereocenters. The zero-order chi connectivity index (χ0) is 35.2. The second-order valence-electron chi connectivity index (χ2n) is 13.8. The Balaban J connectivity index is 1.06. The summed E-state index contributed by atoms with van der Waals surface area (Å²) in [6.07, 6.45) is -0.324. The Morgan fingerprint density at radius 2 is 0.943 bits per heavy atom. The largest absolute Gasteiger partial charge is 0.324 e. The van der Waals surface area contributed by atoms with Gasteiger partial charge in [-0.3, -0.25) is 0 Å². The van der Waals surface area contributed by atoms with Crippen LogP contribution in [-0.4, -0.2) is 11.7 Å². The number of nitrogens with zero attached hydrogens (tertiary/aromatic N) is 2. The first-order valence-electron chi connectivity index (χ1n) is 18.2. The van der Waals surface area contributed by atoms with Gasteiger partial charge in [-0.25, -0.2) is 9.98 Å². The van der Waals surface area contributed by atoms with Crippen LogP contribution >= 0.6 is 0 Å². The number of hydrogen-bond donors (Lipinski definition) is 1. The van der Waals surface area contributed by atoms with Crippen molar-refractivity contribution >= 4 is 22.4 Å². The van der Waals surface area contributed by atoms with Crippen LogP contribution in [0.5, 0.6) is 0 Å². The molecule has 0 aromatic heterocycles. The Morgan fingerprint density at radius 3 is 1.60 bits per heavy atom. The van der Waals surface area contributed by atoms with Gasteiger partial charge in [-0.1, -0.05) is 194 Å². The van der Waals surface area contributed by atoms with E-state index in [0.717, 1.165) is 33.9 Å². The Labute approximate surface area is 309 Å². The van der Waals surface area contributed by atoms with Gasteiger partial charge in [-0.2, -0.15) is 0 Å². The van der Waals surface area contributed by atoms with Crippen molar-refractivity contribution in [3.8, 4) is 22.3 Å². The molecule has 0 saturated heterocycles. The van der Waals surface area contributed by atoms with Gasteiger partial charge in [0.1, 0.15) is 11.7 Å². The summed E-state index contributed by atoms with van der Waals surface area (Å²) in [6, 6.07) is 71.8. The van der Waals surface area contributed by atoms with Crippen LogP contribution in [0.15, 0.2) is 210 Å². The first kappa shape index (κ1) is 30.9. The average Bonchev–Trinajstić information content (AvgIpc) is 3.56. The summed E-state index contributed by atoms with van der Waals surface area (Å²) >= 11 is 0. The molecule has 0 spiro atoms. The zero-order valence-corrected chi connectivity index (χ0v) is 29.0. The third-order valence-corrected chi connectivity index (χ3v) is 10.8. The molecule has 0 radical (unpaired) electrons. The minimum atomic E-state index is -0.440. The number of aliphatic imine (C=N–C) groups is 2. The average molecular weight is 678 g/mol. The zero-order valence-electron chi connectivity index (χ0n) is 29.0. The molecule has 2 aliphatic rings. The molecule has 1 unspecified atom stereocenters. The van der Waals surface area contributed by atoms with Crippen molar-refractivity contribution in [2.45, 2.75) is 11.6 Å². The van der Waals surface area contributed by atoms with Crippen LogP contribution < -0.4 is 5.32 Å². The maximum atomic E-state index is 5.07. The van der Waals surface area contributed by atoms with Gasteiger partial charge < -0.3 is 5.32 Å². The number of hydrogen-bond acceptors (Lipinski definition) is 3. The van der Waals surface area contributed by atoms with Gasteiger partial charge in [-0.15, -0.1) is 0 Å². The minimum Gasteiger partial charge on any atom is -0.324 e. The molecule has 8 aromatic carbocycles. The summed E-state index contributed by atoms with van der Waals surface area (Å²) in [6.45, 7) is 0. The second-order valence-corrected chi connectivity index (χ2v) is 13.8. The number of fused-ring (bicyclic) bond motifs is 5. The maximum Gasteiger partial charge on any atom is 0.169 e. The van der Waals surface area contributed by atoms with Gasteiger partial charge >= 0.3 is 0 Å². The third-order valence-electron chi connectivity index (χ3n) is 10.8. The highest BCUT2D eigenvalue weighted by Gasteiger charge is 2.46. The highest BCUT2D eigenvalue weighted by Crippen LogP contribution is 2.58. The fraction of sp³-hybridized carbons (Fsp3) is 0.0400. The van der Waals surface area contributed by atoms with E-state index in [1.54, 1.807) is 0 Å². The van der Waals surface area contributed by atoms with Gasteiger partial charge in [-0.05, 0) is 66.9 Å². The fourth-order valence-corrected chi connectivity index (χ4v) is 8.39. The highest BCUT2D eigenvalue weighted by atomic mass is 15.2. The van der Waals surface area contributed by atoms with E-state index in [9.17, 15) is 0 Å². The van der Waals surface area contributed by atoms with Gasteiger partial charge in [0.15, 0.2) is 6.17 Å².